The highest BCUT2D eigenvalue weighted by atomic mass is 32.2. The van der Waals surface area contributed by atoms with Crippen LogP contribution >= 0.6 is 0 Å². The van der Waals surface area contributed by atoms with E-state index in [2.05, 4.69) is 0 Å². The number of rotatable bonds is 6. The molecule has 168 valence electrons. The number of hydrogen-bond acceptors (Lipinski definition) is 6. The van der Waals surface area contributed by atoms with E-state index in [0.717, 1.165) is 9.87 Å². The molecule has 10 heteroatoms. The van der Waals surface area contributed by atoms with E-state index in [1.165, 1.54) is 48.8 Å². The second-order valence-electron chi connectivity index (χ2n) is 7.96. The van der Waals surface area contributed by atoms with E-state index in [1.54, 1.807) is 13.0 Å². The molecule has 0 bridgehead atoms. The summed E-state index contributed by atoms with van der Waals surface area (Å²) >= 11 is 0. The first-order valence-corrected chi connectivity index (χ1v) is 11.1. The molecule has 0 radical (unpaired) electrons. The lowest BCUT2D eigenvalue weighted by Crippen LogP contribution is -2.57. The normalized spacial score (nSPS) is 22.2. The lowest BCUT2D eigenvalue weighted by atomic mass is 9.89. The topological polar surface area (TPSA) is 116 Å². The minimum atomic E-state index is -4.07. The number of carbonyl (C=O) groups excluding carboxylic acids is 1. The SMILES string of the molecule is Cc1cc(F)cc(COc2ccc(S(=O)(=O)N3CC[C@](C)(O)C[C@@H]3C(=O)NO)cc2)c1. The Hall–Kier alpha value is -2.53. The molecule has 2 aromatic carbocycles. The molecule has 0 saturated carbocycles. The minimum Gasteiger partial charge on any atom is -0.489 e. The Kier molecular flexibility index (Phi) is 6.65. The van der Waals surface area contributed by atoms with Crippen molar-refractivity contribution in [3.8, 4) is 5.75 Å². The molecule has 0 unspecified atom stereocenters. The van der Waals surface area contributed by atoms with Gasteiger partial charge in [0.25, 0.3) is 5.91 Å². The Morgan fingerprint density at radius 3 is 2.58 bits per heavy atom. The first kappa shape index (κ1) is 23.1. The predicted octanol–water partition coefficient (Wildman–Crippen LogP) is 2.12. The van der Waals surface area contributed by atoms with Crippen LogP contribution in [0.5, 0.6) is 5.75 Å². The van der Waals surface area contributed by atoms with Crippen LogP contribution in [0.1, 0.15) is 30.9 Å². The molecule has 8 nitrogen and oxygen atoms in total. The summed E-state index contributed by atoms with van der Waals surface area (Å²) < 4.78 is 46.3. The van der Waals surface area contributed by atoms with E-state index < -0.39 is 27.6 Å². The summed E-state index contributed by atoms with van der Waals surface area (Å²) in [5.41, 5.74) is 1.66. The molecule has 1 aliphatic heterocycles. The van der Waals surface area contributed by atoms with Crippen molar-refractivity contribution in [2.45, 2.75) is 49.8 Å². The zero-order valence-electron chi connectivity index (χ0n) is 17.2. The number of benzene rings is 2. The van der Waals surface area contributed by atoms with Gasteiger partial charge in [0.15, 0.2) is 0 Å². The van der Waals surface area contributed by atoms with Gasteiger partial charge in [0.2, 0.25) is 10.0 Å². The van der Waals surface area contributed by atoms with Crippen LogP contribution in [0.15, 0.2) is 47.4 Å². The number of hydroxylamine groups is 1. The molecule has 1 amide bonds. The fourth-order valence-electron chi connectivity index (χ4n) is 3.62. The van der Waals surface area contributed by atoms with Gasteiger partial charge in [-0.3, -0.25) is 10.0 Å². The van der Waals surface area contributed by atoms with E-state index in [0.29, 0.717) is 11.3 Å². The van der Waals surface area contributed by atoms with Gasteiger partial charge in [0, 0.05) is 13.0 Å². The van der Waals surface area contributed by atoms with Crippen molar-refractivity contribution in [1.82, 2.24) is 9.79 Å². The third kappa shape index (κ3) is 5.40. The van der Waals surface area contributed by atoms with Gasteiger partial charge < -0.3 is 9.84 Å². The molecule has 2 aromatic rings. The highest BCUT2D eigenvalue weighted by Crippen LogP contribution is 2.31. The van der Waals surface area contributed by atoms with Crippen molar-refractivity contribution >= 4 is 15.9 Å². The van der Waals surface area contributed by atoms with Gasteiger partial charge in [-0.25, -0.2) is 18.3 Å². The number of ether oxygens (including phenoxy) is 1. The Bertz CT molecular complexity index is 1040. The fourth-order valence-corrected chi connectivity index (χ4v) is 5.21. The smallest absolute Gasteiger partial charge is 0.261 e. The maximum absolute atomic E-state index is 13.5. The number of carbonyl (C=O) groups is 1. The Balaban J connectivity index is 1.76. The first-order chi connectivity index (χ1) is 14.5. The maximum atomic E-state index is 13.5. The molecular weight excluding hydrogens is 427 g/mol. The van der Waals surface area contributed by atoms with Crippen molar-refractivity contribution in [2.24, 2.45) is 0 Å². The summed E-state index contributed by atoms with van der Waals surface area (Å²) in [6, 6.07) is 8.97. The van der Waals surface area contributed by atoms with Crippen LogP contribution in [0.3, 0.4) is 0 Å². The van der Waals surface area contributed by atoms with Crippen LogP contribution in [0.4, 0.5) is 4.39 Å². The third-order valence-corrected chi connectivity index (χ3v) is 7.12. The molecule has 1 aliphatic rings. The number of amides is 1. The van der Waals surface area contributed by atoms with E-state index in [4.69, 9.17) is 9.94 Å². The molecule has 0 aliphatic carbocycles. The van der Waals surface area contributed by atoms with Crippen LogP contribution < -0.4 is 10.2 Å². The summed E-state index contributed by atoms with van der Waals surface area (Å²) in [7, 11) is -4.07. The Morgan fingerprint density at radius 1 is 1.29 bits per heavy atom. The molecule has 1 heterocycles. The molecule has 0 aromatic heterocycles. The van der Waals surface area contributed by atoms with Gasteiger partial charge in [-0.15, -0.1) is 0 Å². The highest BCUT2D eigenvalue weighted by molar-refractivity contribution is 7.89. The number of aliphatic hydroxyl groups is 1. The molecule has 1 saturated heterocycles. The quantitative estimate of drug-likeness (QED) is 0.457. The number of sulfonamides is 1. The van der Waals surface area contributed by atoms with Gasteiger partial charge in [-0.05, 0) is 67.8 Å². The summed E-state index contributed by atoms with van der Waals surface area (Å²) in [6.07, 6.45) is 0.00253. The number of piperidine rings is 1. The van der Waals surface area contributed by atoms with E-state index in [9.17, 15) is 22.7 Å². The van der Waals surface area contributed by atoms with Crippen LogP contribution in [0.2, 0.25) is 0 Å². The molecule has 0 spiro atoms. The third-order valence-electron chi connectivity index (χ3n) is 5.20. The first-order valence-electron chi connectivity index (χ1n) is 9.69. The molecule has 3 N–H and O–H groups in total. The minimum absolute atomic E-state index is 0.0567. The summed E-state index contributed by atoms with van der Waals surface area (Å²) in [6.45, 7) is 3.33. The van der Waals surface area contributed by atoms with Crippen molar-refractivity contribution in [3.63, 3.8) is 0 Å². The van der Waals surface area contributed by atoms with E-state index in [-0.39, 0.29) is 36.7 Å². The lowest BCUT2D eigenvalue weighted by molar-refractivity contribution is -0.137. The van der Waals surface area contributed by atoms with Crippen molar-refractivity contribution < 1.29 is 32.7 Å². The molecule has 3 rings (SSSR count). The van der Waals surface area contributed by atoms with Crippen LogP contribution in [-0.4, -0.2) is 47.1 Å². The van der Waals surface area contributed by atoms with E-state index in [1.807, 2.05) is 0 Å². The van der Waals surface area contributed by atoms with Gasteiger partial charge in [0.05, 0.1) is 10.5 Å². The van der Waals surface area contributed by atoms with Crippen LogP contribution in [0, 0.1) is 12.7 Å². The van der Waals surface area contributed by atoms with E-state index >= 15 is 0 Å². The highest BCUT2D eigenvalue weighted by Gasteiger charge is 2.44. The number of halogens is 1. The van der Waals surface area contributed by atoms with Gasteiger partial charge in [-0.1, -0.05) is 6.07 Å². The summed E-state index contributed by atoms with van der Waals surface area (Å²) in [5.74, 6) is -0.872. The number of nitrogens with one attached hydrogen (secondary N) is 1. The Labute approximate surface area is 180 Å². The number of aryl methyl sites for hydroxylation is 1. The second-order valence-corrected chi connectivity index (χ2v) is 9.85. The largest absolute Gasteiger partial charge is 0.489 e. The van der Waals surface area contributed by atoms with Crippen LogP contribution in [0.25, 0.3) is 0 Å². The fraction of sp³-hybridized carbons (Fsp3) is 0.381. The zero-order chi connectivity index (χ0) is 22.8. The average Bonchev–Trinajstić information content (AvgIpc) is 2.70. The molecule has 31 heavy (non-hydrogen) atoms. The molecular formula is C21H25FN2O6S. The summed E-state index contributed by atoms with van der Waals surface area (Å²) in [4.78, 5) is 12.0. The Morgan fingerprint density at radius 2 is 1.97 bits per heavy atom. The zero-order valence-corrected chi connectivity index (χ0v) is 18.0. The van der Waals surface area contributed by atoms with Gasteiger partial charge >= 0.3 is 0 Å². The van der Waals surface area contributed by atoms with Crippen molar-refractivity contribution in [1.29, 1.82) is 0 Å². The predicted molar refractivity (Wildman–Crippen MR) is 109 cm³/mol. The van der Waals surface area contributed by atoms with Crippen LogP contribution in [-0.2, 0) is 21.4 Å². The molecule has 2 atom stereocenters. The average molecular weight is 453 g/mol. The number of nitrogens with zero attached hydrogens (tertiary/aromatic N) is 1. The second kappa shape index (κ2) is 8.91. The standard InChI is InChI=1S/C21H25FN2O6S/c1-14-9-15(11-16(22)10-14)13-30-17-3-5-18(6-4-17)31(28,29)24-8-7-21(2,26)12-19(24)20(25)23-27/h3-6,9-11,19,26-27H,7-8,12-13H2,1-2H3,(H,23,25)/t19-,21+/m1/s1. The van der Waals surface area contributed by atoms with Gasteiger partial charge in [0.1, 0.15) is 24.2 Å². The van der Waals surface area contributed by atoms with Crippen molar-refractivity contribution in [2.75, 3.05) is 6.54 Å². The number of hydrogen-bond donors (Lipinski definition) is 3. The molecule has 1 fully saturated rings. The van der Waals surface area contributed by atoms with Gasteiger partial charge in [-0.2, -0.15) is 4.31 Å². The lowest BCUT2D eigenvalue weighted by Gasteiger charge is -2.40. The summed E-state index contributed by atoms with van der Waals surface area (Å²) in [5, 5.41) is 19.2. The maximum Gasteiger partial charge on any atom is 0.261 e. The monoisotopic (exact) mass is 452 g/mol. The van der Waals surface area contributed by atoms with Crippen molar-refractivity contribution in [3.05, 3.63) is 59.4 Å².